The molecule has 0 spiro atoms. The van der Waals surface area contributed by atoms with Crippen LogP contribution in [0.1, 0.15) is 30.6 Å². The van der Waals surface area contributed by atoms with Gasteiger partial charge in [0.1, 0.15) is 4.90 Å². The lowest BCUT2D eigenvalue weighted by Crippen LogP contribution is -2.28. The molecule has 1 atom stereocenters. The first-order chi connectivity index (χ1) is 9.52. The van der Waals surface area contributed by atoms with E-state index in [1.54, 1.807) is 31.1 Å². The van der Waals surface area contributed by atoms with Gasteiger partial charge in [0.25, 0.3) is 15.0 Å². The molecule has 2 rings (SSSR count). The maximum absolute atomic E-state index is 12.2. The van der Waals surface area contributed by atoms with Crippen LogP contribution in [0.2, 0.25) is 0 Å². The van der Waals surface area contributed by atoms with Crippen LogP contribution in [0.4, 0.5) is 5.69 Å². The normalized spacial score (nSPS) is 20.0. The van der Waals surface area contributed by atoms with Crippen LogP contribution in [0, 0.1) is 5.41 Å². The van der Waals surface area contributed by atoms with Crippen LogP contribution in [0.25, 0.3) is 0 Å². The summed E-state index contributed by atoms with van der Waals surface area (Å²) in [7, 11) is 4.97. The van der Waals surface area contributed by atoms with Crippen LogP contribution < -0.4 is 10.2 Å². The van der Waals surface area contributed by atoms with Gasteiger partial charge < -0.3 is 10.2 Å². The molecule has 0 bridgehead atoms. The lowest BCUT2D eigenvalue weighted by atomic mass is 10.1. The number of benzene rings is 1. The van der Waals surface area contributed by atoms with Gasteiger partial charge in [-0.15, -0.1) is 0 Å². The Hall–Kier alpha value is -1.27. The highest BCUT2D eigenvalue weighted by atomic mass is 35.7. The second-order valence-electron chi connectivity index (χ2n) is 6.23. The minimum Gasteiger partial charge on any atom is -0.377 e. The summed E-state index contributed by atoms with van der Waals surface area (Å²) in [5.41, 5.74) is 0.858. The summed E-state index contributed by atoms with van der Waals surface area (Å²) >= 11 is 0. The molecule has 0 saturated heterocycles. The molecule has 1 aromatic rings. The summed E-state index contributed by atoms with van der Waals surface area (Å²) in [4.78, 5) is 13.8. The molecular weight excluding hydrogens is 312 g/mol. The van der Waals surface area contributed by atoms with E-state index in [1.807, 2.05) is 0 Å². The van der Waals surface area contributed by atoms with E-state index >= 15 is 0 Å². The van der Waals surface area contributed by atoms with Crippen molar-refractivity contribution < 1.29 is 13.2 Å². The molecule has 0 aromatic heterocycles. The fourth-order valence-corrected chi connectivity index (χ4v) is 3.31. The fourth-order valence-electron chi connectivity index (χ4n) is 2.18. The van der Waals surface area contributed by atoms with Gasteiger partial charge in [-0.05, 0) is 30.0 Å². The van der Waals surface area contributed by atoms with Crippen LogP contribution in [-0.2, 0) is 9.05 Å². The number of carbonyl (C=O) groups excluding carboxylic acids is 1. The number of hydrogen-bond donors (Lipinski definition) is 1. The van der Waals surface area contributed by atoms with Crippen molar-refractivity contribution in [2.45, 2.75) is 31.2 Å². The number of hydrogen-bond acceptors (Lipinski definition) is 4. The first-order valence-electron chi connectivity index (χ1n) is 6.59. The van der Waals surface area contributed by atoms with Crippen molar-refractivity contribution in [3.8, 4) is 0 Å². The standard InChI is InChI=1S/C14H19ClN2O3S/c1-14(2)8-12(14)16-13(18)9-5-6-10(17(3)4)11(7-9)21(15,19)20/h5-7,12H,8H2,1-4H3,(H,16,18). The average molecular weight is 331 g/mol. The summed E-state index contributed by atoms with van der Waals surface area (Å²) < 4.78 is 23.4. The van der Waals surface area contributed by atoms with Crippen LogP contribution >= 0.6 is 10.7 Å². The summed E-state index contributed by atoms with van der Waals surface area (Å²) in [6.07, 6.45) is 0.926. The third-order valence-electron chi connectivity index (χ3n) is 3.79. The SMILES string of the molecule is CN(C)c1ccc(C(=O)NC2CC2(C)C)cc1S(=O)(=O)Cl. The van der Waals surface area contributed by atoms with E-state index in [0.29, 0.717) is 11.3 Å². The zero-order valence-corrected chi connectivity index (χ0v) is 14.0. The van der Waals surface area contributed by atoms with E-state index in [4.69, 9.17) is 10.7 Å². The highest BCUT2D eigenvalue weighted by Gasteiger charge is 2.46. The molecule has 5 nitrogen and oxygen atoms in total. The van der Waals surface area contributed by atoms with Gasteiger partial charge in [-0.3, -0.25) is 4.79 Å². The molecular formula is C14H19ClN2O3S. The maximum Gasteiger partial charge on any atom is 0.263 e. The Labute approximate surface area is 129 Å². The third-order valence-corrected chi connectivity index (χ3v) is 5.14. The molecule has 7 heteroatoms. The first-order valence-corrected chi connectivity index (χ1v) is 8.90. The first kappa shape index (κ1) is 16.1. The quantitative estimate of drug-likeness (QED) is 0.860. The van der Waals surface area contributed by atoms with Crippen LogP contribution in [0.3, 0.4) is 0 Å². The van der Waals surface area contributed by atoms with E-state index in [1.165, 1.54) is 6.07 Å². The summed E-state index contributed by atoms with van der Waals surface area (Å²) in [6, 6.07) is 4.64. The van der Waals surface area contributed by atoms with Crippen molar-refractivity contribution in [2.24, 2.45) is 5.41 Å². The van der Waals surface area contributed by atoms with Crippen LogP contribution in [0.5, 0.6) is 0 Å². The van der Waals surface area contributed by atoms with Crippen molar-refractivity contribution in [3.63, 3.8) is 0 Å². The van der Waals surface area contributed by atoms with E-state index < -0.39 is 9.05 Å². The van der Waals surface area contributed by atoms with Crippen molar-refractivity contribution >= 4 is 31.3 Å². The Morgan fingerprint density at radius 2 is 1.95 bits per heavy atom. The van der Waals surface area contributed by atoms with Gasteiger partial charge in [-0.1, -0.05) is 13.8 Å². The van der Waals surface area contributed by atoms with E-state index in [2.05, 4.69) is 19.2 Å². The molecule has 1 aliphatic rings. The Kier molecular flexibility index (Phi) is 3.97. The number of carbonyl (C=O) groups is 1. The lowest BCUT2D eigenvalue weighted by Gasteiger charge is -2.17. The van der Waals surface area contributed by atoms with Gasteiger partial charge in [0.15, 0.2) is 0 Å². The Bertz CT molecular complexity index is 683. The Morgan fingerprint density at radius 1 is 1.38 bits per heavy atom. The number of nitrogens with zero attached hydrogens (tertiary/aromatic N) is 1. The minimum atomic E-state index is -3.92. The Morgan fingerprint density at radius 3 is 2.38 bits per heavy atom. The van der Waals surface area contributed by atoms with Crippen LogP contribution in [0.15, 0.2) is 23.1 Å². The summed E-state index contributed by atoms with van der Waals surface area (Å²) in [6.45, 7) is 4.14. The van der Waals surface area contributed by atoms with Crippen LogP contribution in [-0.4, -0.2) is 34.5 Å². The molecule has 0 heterocycles. The minimum absolute atomic E-state index is 0.0585. The van der Waals surface area contributed by atoms with E-state index in [-0.39, 0.29) is 22.3 Å². The van der Waals surface area contributed by atoms with E-state index in [9.17, 15) is 13.2 Å². The average Bonchev–Trinajstić information content (AvgIpc) is 2.94. The second kappa shape index (κ2) is 5.18. The number of amides is 1. The molecule has 1 N–H and O–H groups in total. The van der Waals surface area contributed by atoms with Gasteiger partial charge in [0, 0.05) is 36.4 Å². The third kappa shape index (κ3) is 3.49. The zero-order valence-electron chi connectivity index (χ0n) is 12.5. The largest absolute Gasteiger partial charge is 0.377 e. The molecule has 116 valence electrons. The van der Waals surface area contributed by atoms with Gasteiger partial charge in [0.05, 0.1) is 5.69 Å². The van der Waals surface area contributed by atoms with Crippen molar-refractivity contribution in [1.82, 2.24) is 5.32 Å². The number of halogens is 1. The monoisotopic (exact) mass is 330 g/mol. The smallest absolute Gasteiger partial charge is 0.263 e. The molecule has 1 saturated carbocycles. The molecule has 1 amide bonds. The summed E-state index contributed by atoms with van der Waals surface area (Å²) in [5.74, 6) is -0.280. The molecule has 0 radical (unpaired) electrons. The molecule has 1 fully saturated rings. The lowest BCUT2D eigenvalue weighted by molar-refractivity contribution is 0.0946. The van der Waals surface area contributed by atoms with Crippen molar-refractivity contribution in [1.29, 1.82) is 0 Å². The maximum atomic E-state index is 12.2. The van der Waals surface area contributed by atoms with Gasteiger partial charge in [-0.2, -0.15) is 0 Å². The fraction of sp³-hybridized carbons (Fsp3) is 0.500. The highest BCUT2D eigenvalue weighted by Crippen LogP contribution is 2.44. The Balaban J connectivity index is 2.32. The van der Waals surface area contributed by atoms with Gasteiger partial charge in [-0.25, -0.2) is 8.42 Å². The number of anilines is 1. The van der Waals surface area contributed by atoms with Gasteiger partial charge in [0.2, 0.25) is 0 Å². The molecule has 21 heavy (non-hydrogen) atoms. The molecule has 1 unspecified atom stereocenters. The molecule has 0 aliphatic heterocycles. The topological polar surface area (TPSA) is 66.5 Å². The van der Waals surface area contributed by atoms with Crippen molar-refractivity contribution in [3.05, 3.63) is 23.8 Å². The number of rotatable bonds is 4. The highest BCUT2D eigenvalue weighted by molar-refractivity contribution is 8.13. The van der Waals surface area contributed by atoms with Gasteiger partial charge >= 0.3 is 0 Å². The summed E-state index contributed by atoms with van der Waals surface area (Å²) in [5, 5.41) is 2.90. The molecule has 1 aromatic carbocycles. The number of nitrogens with one attached hydrogen (secondary N) is 1. The van der Waals surface area contributed by atoms with E-state index in [0.717, 1.165) is 6.42 Å². The van der Waals surface area contributed by atoms with Crippen molar-refractivity contribution in [2.75, 3.05) is 19.0 Å². The zero-order chi connectivity index (χ0) is 16.0. The molecule has 1 aliphatic carbocycles. The predicted octanol–water partition coefficient (Wildman–Crippen LogP) is 2.21. The second-order valence-corrected chi connectivity index (χ2v) is 8.77. The predicted molar refractivity (Wildman–Crippen MR) is 83.5 cm³/mol.